The molecule has 6 heteroatoms. The number of amides is 2. The minimum atomic E-state index is -0.269. The van der Waals surface area contributed by atoms with Crippen molar-refractivity contribution in [3.63, 3.8) is 0 Å². The summed E-state index contributed by atoms with van der Waals surface area (Å²) in [4.78, 5) is 11.4. The molecule has 3 unspecified atom stereocenters. The van der Waals surface area contributed by atoms with Crippen LogP contribution in [0.5, 0.6) is 0 Å². The Morgan fingerprint density at radius 2 is 1.83 bits per heavy atom. The Labute approximate surface area is 108 Å². The van der Waals surface area contributed by atoms with Crippen LogP contribution in [-0.4, -0.2) is 24.2 Å². The molecule has 0 saturated carbocycles. The van der Waals surface area contributed by atoms with E-state index in [4.69, 9.17) is 17.2 Å². The Bertz CT molecular complexity index is 328. The molecular formula is C12H25N5O. The van der Waals surface area contributed by atoms with Crippen LogP contribution < -0.4 is 27.8 Å². The van der Waals surface area contributed by atoms with E-state index in [2.05, 4.69) is 10.6 Å². The second-order valence-electron chi connectivity index (χ2n) is 4.87. The van der Waals surface area contributed by atoms with Gasteiger partial charge in [0.25, 0.3) is 0 Å². The standard InChI is InChI=1S/C12H25N5O/c1-3-7(13)5-9-10(6-8(14)4-2)16-12(18)17-11(9)15/h7-8,10H,3-6,13-15H2,1-2H3,(H2,16,17,18). The second kappa shape index (κ2) is 6.61. The minimum absolute atomic E-state index is 0.0500. The van der Waals surface area contributed by atoms with E-state index in [-0.39, 0.29) is 24.2 Å². The predicted molar refractivity (Wildman–Crippen MR) is 72.4 cm³/mol. The Hall–Kier alpha value is -1.27. The van der Waals surface area contributed by atoms with Crippen LogP contribution in [0.4, 0.5) is 4.79 Å². The Morgan fingerprint density at radius 1 is 1.22 bits per heavy atom. The molecule has 0 aliphatic carbocycles. The summed E-state index contributed by atoms with van der Waals surface area (Å²) in [6, 6.07) is -0.273. The first kappa shape index (κ1) is 14.8. The topological polar surface area (TPSA) is 119 Å². The summed E-state index contributed by atoms with van der Waals surface area (Å²) in [7, 11) is 0. The fraction of sp³-hybridized carbons (Fsp3) is 0.750. The highest BCUT2D eigenvalue weighted by molar-refractivity contribution is 5.78. The Balaban J connectivity index is 2.82. The molecule has 0 saturated heterocycles. The van der Waals surface area contributed by atoms with Gasteiger partial charge in [-0.25, -0.2) is 4.79 Å². The van der Waals surface area contributed by atoms with Crippen LogP contribution in [0.15, 0.2) is 11.4 Å². The maximum absolute atomic E-state index is 11.4. The number of nitrogens with two attached hydrogens (primary N) is 3. The molecule has 104 valence electrons. The average molecular weight is 255 g/mol. The van der Waals surface area contributed by atoms with Gasteiger partial charge in [-0.1, -0.05) is 13.8 Å². The molecular weight excluding hydrogens is 230 g/mol. The molecule has 3 atom stereocenters. The van der Waals surface area contributed by atoms with Gasteiger partial charge >= 0.3 is 6.03 Å². The fourth-order valence-corrected chi connectivity index (χ4v) is 2.02. The highest BCUT2D eigenvalue weighted by Gasteiger charge is 2.27. The van der Waals surface area contributed by atoms with E-state index in [0.717, 1.165) is 18.4 Å². The van der Waals surface area contributed by atoms with Crippen molar-refractivity contribution in [3.8, 4) is 0 Å². The van der Waals surface area contributed by atoms with E-state index in [0.29, 0.717) is 18.7 Å². The van der Waals surface area contributed by atoms with Gasteiger partial charge in [0, 0.05) is 12.1 Å². The number of hydrogen-bond acceptors (Lipinski definition) is 4. The molecule has 1 aliphatic heterocycles. The lowest BCUT2D eigenvalue weighted by Crippen LogP contribution is -2.52. The number of urea groups is 1. The molecule has 0 bridgehead atoms. The van der Waals surface area contributed by atoms with Crippen molar-refractivity contribution in [1.29, 1.82) is 0 Å². The van der Waals surface area contributed by atoms with Gasteiger partial charge in [-0.3, -0.25) is 5.32 Å². The summed E-state index contributed by atoms with van der Waals surface area (Å²) in [5.74, 6) is 0.427. The molecule has 8 N–H and O–H groups in total. The number of nitrogens with one attached hydrogen (secondary N) is 2. The van der Waals surface area contributed by atoms with Crippen molar-refractivity contribution in [2.24, 2.45) is 17.2 Å². The van der Waals surface area contributed by atoms with Crippen LogP contribution in [0.25, 0.3) is 0 Å². The minimum Gasteiger partial charge on any atom is -0.385 e. The van der Waals surface area contributed by atoms with Crippen molar-refractivity contribution in [1.82, 2.24) is 10.6 Å². The third-order valence-corrected chi connectivity index (χ3v) is 3.39. The first-order chi connectivity index (χ1) is 8.47. The van der Waals surface area contributed by atoms with E-state index in [1.54, 1.807) is 0 Å². The first-order valence-electron chi connectivity index (χ1n) is 6.55. The van der Waals surface area contributed by atoms with Crippen LogP contribution in [0.3, 0.4) is 0 Å². The highest BCUT2D eigenvalue weighted by atomic mass is 16.2. The van der Waals surface area contributed by atoms with Gasteiger partial charge in [-0.15, -0.1) is 0 Å². The molecule has 1 heterocycles. The normalized spacial score (nSPS) is 23.3. The Morgan fingerprint density at radius 3 is 2.39 bits per heavy atom. The van der Waals surface area contributed by atoms with Crippen LogP contribution in [-0.2, 0) is 0 Å². The van der Waals surface area contributed by atoms with Gasteiger partial charge in [-0.2, -0.15) is 0 Å². The van der Waals surface area contributed by atoms with Crippen molar-refractivity contribution in [2.45, 2.75) is 57.7 Å². The molecule has 0 fully saturated rings. The third-order valence-electron chi connectivity index (χ3n) is 3.39. The summed E-state index contributed by atoms with van der Waals surface area (Å²) in [6.07, 6.45) is 3.11. The number of carbonyl (C=O) groups excluding carboxylic acids is 1. The monoisotopic (exact) mass is 255 g/mol. The van der Waals surface area contributed by atoms with Crippen LogP contribution in [0, 0.1) is 0 Å². The van der Waals surface area contributed by atoms with E-state index in [1.165, 1.54) is 0 Å². The molecule has 0 aromatic heterocycles. The van der Waals surface area contributed by atoms with Crippen molar-refractivity contribution in [2.75, 3.05) is 0 Å². The maximum atomic E-state index is 11.4. The number of hydrogen-bond donors (Lipinski definition) is 5. The number of carbonyl (C=O) groups is 1. The van der Waals surface area contributed by atoms with Crippen molar-refractivity contribution in [3.05, 3.63) is 11.4 Å². The predicted octanol–water partition coefficient (Wildman–Crippen LogP) is 0.0929. The maximum Gasteiger partial charge on any atom is 0.320 e. The van der Waals surface area contributed by atoms with E-state index < -0.39 is 0 Å². The quantitative estimate of drug-likeness (QED) is 0.462. The van der Waals surface area contributed by atoms with Gasteiger partial charge in [-0.05, 0) is 31.3 Å². The zero-order chi connectivity index (χ0) is 13.7. The highest BCUT2D eigenvalue weighted by Crippen LogP contribution is 2.19. The van der Waals surface area contributed by atoms with Crippen LogP contribution in [0.1, 0.15) is 39.5 Å². The molecule has 1 rings (SSSR count). The summed E-state index contributed by atoms with van der Waals surface area (Å²) >= 11 is 0. The van der Waals surface area contributed by atoms with E-state index >= 15 is 0 Å². The van der Waals surface area contributed by atoms with Gasteiger partial charge in [0.1, 0.15) is 5.82 Å². The van der Waals surface area contributed by atoms with Gasteiger partial charge in [0.2, 0.25) is 0 Å². The van der Waals surface area contributed by atoms with Crippen LogP contribution in [0.2, 0.25) is 0 Å². The third kappa shape index (κ3) is 3.89. The summed E-state index contributed by atoms with van der Waals surface area (Å²) in [5, 5.41) is 5.46. The lowest BCUT2D eigenvalue weighted by atomic mass is 9.92. The molecule has 1 aliphatic rings. The molecule has 0 aromatic rings. The summed E-state index contributed by atoms with van der Waals surface area (Å²) in [5.41, 5.74) is 18.8. The summed E-state index contributed by atoms with van der Waals surface area (Å²) in [6.45, 7) is 4.06. The number of rotatable bonds is 6. The molecule has 6 nitrogen and oxygen atoms in total. The van der Waals surface area contributed by atoms with Gasteiger partial charge < -0.3 is 22.5 Å². The molecule has 0 radical (unpaired) electrons. The molecule has 0 aromatic carbocycles. The van der Waals surface area contributed by atoms with Crippen molar-refractivity contribution >= 4 is 6.03 Å². The average Bonchev–Trinajstić information content (AvgIpc) is 2.32. The molecule has 18 heavy (non-hydrogen) atoms. The van der Waals surface area contributed by atoms with Crippen molar-refractivity contribution < 1.29 is 4.79 Å². The van der Waals surface area contributed by atoms with Crippen LogP contribution >= 0.6 is 0 Å². The largest absolute Gasteiger partial charge is 0.385 e. The summed E-state index contributed by atoms with van der Waals surface area (Å²) < 4.78 is 0. The molecule has 2 amide bonds. The fourth-order valence-electron chi connectivity index (χ4n) is 2.02. The zero-order valence-corrected chi connectivity index (χ0v) is 11.2. The van der Waals surface area contributed by atoms with Gasteiger partial charge in [0.15, 0.2) is 0 Å². The zero-order valence-electron chi connectivity index (χ0n) is 11.2. The van der Waals surface area contributed by atoms with E-state index in [1.807, 2.05) is 13.8 Å². The Kier molecular flexibility index (Phi) is 5.43. The van der Waals surface area contributed by atoms with Gasteiger partial charge in [0.05, 0.1) is 6.04 Å². The SMILES string of the molecule is CCC(N)CC1=C(N)NC(=O)NC1CC(N)CC. The second-order valence-corrected chi connectivity index (χ2v) is 4.87. The first-order valence-corrected chi connectivity index (χ1v) is 6.55. The molecule has 0 spiro atoms. The lowest BCUT2D eigenvalue weighted by Gasteiger charge is -2.31. The smallest absolute Gasteiger partial charge is 0.320 e. The van der Waals surface area contributed by atoms with E-state index in [9.17, 15) is 4.79 Å². The lowest BCUT2D eigenvalue weighted by molar-refractivity contribution is 0.236.